The molecule has 2 aromatic carbocycles. The zero-order valence-corrected chi connectivity index (χ0v) is 17.6. The van der Waals surface area contributed by atoms with Crippen LogP contribution < -0.4 is 5.32 Å². The van der Waals surface area contributed by atoms with Gasteiger partial charge in [0.15, 0.2) is 0 Å². The Bertz CT molecular complexity index is 1080. The minimum absolute atomic E-state index is 0.154. The first-order chi connectivity index (χ1) is 14.0. The third kappa shape index (κ3) is 3.90. The summed E-state index contributed by atoms with van der Waals surface area (Å²) < 4.78 is 0. The first kappa shape index (κ1) is 19.6. The van der Waals surface area contributed by atoms with Crippen molar-refractivity contribution in [2.45, 2.75) is 45.8 Å². The van der Waals surface area contributed by atoms with Crippen molar-refractivity contribution in [1.82, 2.24) is 15.2 Å². The molecule has 2 N–H and O–H groups in total. The van der Waals surface area contributed by atoms with Gasteiger partial charge in [-0.05, 0) is 48.7 Å². The number of hydrogen-bond acceptors (Lipinski definition) is 2. The maximum Gasteiger partial charge on any atom is 0.254 e. The third-order valence-corrected chi connectivity index (χ3v) is 5.89. The van der Waals surface area contributed by atoms with Gasteiger partial charge in [0.1, 0.15) is 0 Å². The van der Waals surface area contributed by atoms with E-state index in [1.54, 1.807) is 0 Å². The predicted molar refractivity (Wildman–Crippen MR) is 120 cm³/mol. The molecule has 5 heteroatoms. The van der Waals surface area contributed by atoms with Crippen molar-refractivity contribution in [3.8, 4) is 0 Å². The molecular weight excluding hydrogens is 382 g/mol. The fraction of sp³-hybridized carbons (Fsp3) is 0.292. The molecule has 0 saturated carbocycles. The van der Waals surface area contributed by atoms with E-state index in [2.05, 4.69) is 42.9 Å². The molecule has 1 aromatic heterocycles. The SMILES string of the molecule is C=C(NCc1ccc2c(c1)CN(C(C)CCC)C2=O)c1cc2ccc(Cl)cc2[nH]1. The summed E-state index contributed by atoms with van der Waals surface area (Å²) in [4.78, 5) is 18.0. The molecule has 1 atom stereocenters. The molecule has 0 aliphatic carbocycles. The molecule has 0 bridgehead atoms. The fourth-order valence-electron chi connectivity index (χ4n) is 4.00. The first-order valence-corrected chi connectivity index (χ1v) is 10.5. The monoisotopic (exact) mass is 407 g/mol. The van der Waals surface area contributed by atoms with Crippen LogP contribution in [-0.2, 0) is 13.1 Å². The van der Waals surface area contributed by atoms with Gasteiger partial charge in [-0.25, -0.2) is 0 Å². The van der Waals surface area contributed by atoms with Crippen LogP contribution in [0.4, 0.5) is 0 Å². The lowest BCUT2D eigenvalue weighted by atomic mass is 10.1. The lowest BCUT2D eigenvalue weighted by Gasteiger charge is -2.23. The van der Waals surface area contributed by atoms with Gasteiger partial charge in [0.05, 0.1) is 11.4 Å². The van der Waals surface area contributed by atoms with E-state index in [0.717, 1.165) is 51.8 Å². The minimum atomic E-state index is 0.154. The van der Waals surface area contributed by atoms with Crippen LogP contribution in [0, 0.1) is 0 Å². The molecule has 0 fully saturated rings. The Morgan fingerprint density at radius 1 is 1.28 bits per heavy atom. The number of nitrogens with zero attached hydrogens (tertiary/aromatic N) is 1. The normalized spacial score (nSPS) is 14.3. The lowest BCUT2D eigenvalue weighted by Crippen LogP contribution is -2.33. The Kier molecular flexibility index (Phi) is 5.37. The number of halogens is 1. The van der Waals surface area contributed by atoms with Crippen LogP contribution in [0.5, 0.6) is 0 Å². The molecule has 4 nitrogen and oxygen atoms in total. The zero-order valence-electron chi connectivity index (χ0n) is 16.9. The van der Waals surface area contributed by atoms with Gasteiger partial charge in [-0.2, -0.15) is 0 Å². The fourth-order valence-corrected chi connectivity index (χ4v) is 4.17. The summed E-state index contributed by atoms with van der Waals surface area (Å²) in [6.07, 6.45) is 2.11. The number of benzene rings is 2. The molecule has 1 aliphatic heterocycles. The number of aromatic amines is 1. The van der Waals surface area contributed by atoms with Crippen molar-refractivity contribution in [2.24, 2.45) is 0 Å². The second-order valence-corrected chi connectivity index (χ2v) is 8.25. The smallest absolute Gasteiger partial charge is 0.254 e. The van der Waals surface area contributed by atoms with Crippen molar-refractivity contribution in [3.63, 3.8) is 0 Å². The number of hydrogen-bond donors (Lipinski definition) is 2. The van der Waals surface area contributed by atoms with Gasteiger partial charge in [-0.15, -0.1) is 0 Å². The summed E-state index contributed by atoms with van der Waals surface area (Å²) in [7, 11) is 0. The van der Waals surface area contributed by atoms with E-state index >= 15 is 0 Å². The number of fused-ring (bicyclic) bond motifs is 2. The van der Waals surface area contributed by atoms with E-state index in [4.69, 9.17) is 11.6 Å². The first-order valence-electron chi connectivity index (χ1n) is 10.1. The largest absolute Gasteiger partial charge is 0.380 e. The highest BCUT2D eigenvalue weighted by atomic mass is 35.5. The standard InChI is InChI=1S/C24H26ClN3O/c1-4-5-15(2)28-14-19-10-17(6-9-21(19)24(28)29)13-26-16(3)22-11-18-7-8-20(25)12-23(18)27-22/h6-12,15,26-27H,3-5,13-14H2,1-2H3. The highest BCUT2D eigenvalue weighted by Gasteiger charge is 2.30. The van der Waals surface area contributed by atoms with Crippen LogP contribution in [0.1, 0.15) is 53.9 Å². The van der Waals surface area contributed by atoms with Gasteiger partial charge in [-0.3, -0.25) is 4.79 Å². The molecule has 1 unspecified atom stereocenters. The number of nitrogens with one attached hydrogen (secondary N) is 2. The Balaban J connectivity index is 1.44. The Morgan fingerprint density at radius 2 is 2.10 bits per heavy atom. The van der Waals surface area contributed by atoms with Crippen LogP contribution in [0.2, 0.25) is 5.02 Å². The summed E-state index contributed by atoms with van der Waals surface area (Å²) in [6, 6.07) is 14.2. The quantitative estimate of drug-likeness (QED) is 0.525. The molecule has 3 aromatic rings. The highest BCUT2D eigenvalue weighted by Crippen LogP contribution is 2.27. The van der Waals surface area contributed by atoms with Gasteiger partial charge in [0.2, 0.25) is 0 Å². The van der Waals surface area contributed by atoms with Gasteiger partial charge in [-0.1, -0.05) is 49.7 Å². The number of rotatable bonds is 7. The van der Waals surface area contributed by atoms with E-state index in [0.29, 0.717) is 18.1 Å². The summed E-state index contributed by atoms with van der Waals surface area (Å²) >= 11 is 6.07. The molecule has 0 radical (unpaired) electrons. The van der Waals surface area contributed by atoms with Gasteiger partial charge in [0, 0.05) is 40.6 Å². The highest BCUT2D eigenvalue weighted by molar-refractivity contribution is 6.31. The number of carbonyl (C=O) groups excluding carboxylic acids is 1. The number of amides is 1. The topological polar surface area (TPSA) is 48.1 Å². The van der Waals surface area contributed by atoms with E-state index in [1.807, 2.05) is 35.2 Å². The number of carbonyl (C=O) groups is 1. The van der Waals surface area contributed by atoms with Crippen LogP contribution in [0.3, 0.4) is 0 Å². The van der Waals surface area contributed by atoms with Crippen molar-refractivity contribution >= 4 is 34.1 Å². The summed E-state index contributed by atoms with van der Waals surface area (Å²) in [5.74, 6) is 0.154. The summed E-state index contributed by atoms with van der Waals surface area (Å²) in [5, 5.41) is 5.20. The van der Waals surface area contributed by atoms with Crippen LogP contribution in [0.15, 0.2) is 49.0 Å². The maximum atomic E-state index is 12.7. The molecule has 29 heavy (non-hydrogen) atoms. The second-order valence-electron chi connectivity index (χ2n) is 7.81. The molecule has 4 rings (SSSR count). The lowest BCUT2D eigenvalue weighted by molar-refractivity contribution is 0.0709. The second kappa shape index (κ2) is 7.96. The van der Waals surface area contributed by atoms with Crippen molar-refractivity contribution in [2.75, 3.05) is 0 Å². The van der Waals surface area contributed by atoms with E-state index in [9.17, 15) is 4.79 Å². The van der Waals surface area contributed by atoms with Gasteiger partial charge in [0.25, 0.3) is 5.91 Å². The van der Waals surface area contributed by atoms with Crippen molar-refractivity contribution in [1.29, 1.82) is 0 Å². The Hall–Kier alpha value is -2.72. The van der Waals surface area contributed by atoms with Crippen LogP contribution in [0.25, 0.3) is 16.6 Å². The average Bonchev–Trinajstić information content (AvgIpc) is 3.27. The minimum Gasteiger partial charge on any atom is -0.380 e. The summed E-state index contributed by atoms with van der Waals surface area (Å²) in [5.41, 5.74) is 5.85. The van der Waals surface area contributed by atoms with Gasteiger partial charge >= 0.3 is 0 Å². The van der Waals surface area contributed by atoms with Crippen molar-refractivity contribution in [3.05, 3.63) is 76.5 Å². The predicted octanol–water partition coefficient (Wildman–Crippen LogP) is 5.73. The zero-order chi connectivity index (χ0) is 20.5. The maximum absolute atomic E-state index is 12.7. The Labute approximate surface area is 176 Å². The van der Waals surface area contributed by atoms with Crippen LogP contribution >= 0.6 is 11.6 Å². The van der Waals surface area contributed by atoms with Gasteiger partial charge < -0.3 is 15.2 Å². The third-order valence-electron chi connectivity index (χ3n) is 5.66. The molecular formula is C24H26ClN3O. The van der Waals surface area contributed by atoms with E-state index in [-0.39, 0.29) is 11.9 Å². The average molecular weight is 408 g/mol. The van der Waals surface area contributed by atoms with E-state index in [1.165, 1.54) is 0 Å². The number of H-pyrrole nitrogens is 1. The van der Waals surface area contributed by atoms with E-state index < -0.39 is 0 Å². The molecule has 1 amide bonds. The molecule has 2 heterocycles. The Morgan fingerprint density at radius 3 is 2.90 bits per heavy atom. The molecule has 0 saturated heterocycles. The summed E-state index contributed by atoms with van der Waals surface area (Å²) in [6.45, 7) is 9.80. The number of aromatic nitrogens is 1. The van der Waals surface area contributed by atoms with Crippen LogP contribution in [-0.4, -0.2) is 21.8 Å². The van der Waals surface area contributed by atoms with Crippen molar-refractivity contribution < 1.29 is 4.79 Å². The molecule has 1 aliphatic rings. The molecule has 150 valence electrons. The molecule has 0 spiro atoms.